The van der Waals surface area contributed by atoms with Crippen LogP contribution in [0.3, 0.4) is 0 Å². The van der Waals surface area contributed by atoms with Gasteiger partial charge in [-0.2, -0.15) is 0 Å². The third-order valence-electron chi connectivity index (χ3n) is 2.59. The van der Waals surface area contributed by atoms with Crippen LogP contribution in [0.25, 0.3) is 0 Å². The van der Waals surface area contributed by atoms with Gasteiger partial charge in [-0.25, -0.2) is 8.78 Å². The topological polar surface area (TPSA) is 12.0 Å². The summed E-state index contributed by atoms with van der Waals surface area (Å²) in [6.45, 7) is 4.76. The van der Waals surface area contributed by atoms with E-state index in [1.54, 1.807) is 0 Å². The highest BCUT2D eigenvalue weighted by atomic mass is 19.1. The smallest absolute Gasteiger partial charge is 0.129 e. The third-order valence-corrected chi connectivity index (χ3v) is 2.59. The molecule has 0 saturated carbocycles. The van der Waals surface area contributed by atoms with Gasteiger partial charge in [-0.05, 0) is 24.6 Å². The van der Waals surface area contributed by atoms with E-state index in [0.717, 1.165) is 6.07 Å². The van der Waals surface area contributed by atoms with E-state index in [4.69, 9.17) is 0 Å². The van der Waals surface area contributed by atoms with Gasteiger partial charge in [-0.1, -0.05) is 19.9 Å². The number of likely N-dealkylation sites (N-methyl/N-ethyl adjacent to an activating group) is 1. The van der Waals surface area contributed by atoms with E-state index in [9.17, 15) is 8.78 Å². The monoisotopic (exact) mass is 213 g/mol. The Balaban J connectivity index is 3.00. The number of rotatable bonds is 4. The highest BCUT2D eigenvalue weighted by molar-refractivity contribution is 5.23. The molecule has 84 valence electrons. The van der Waals surface area contributed by atoms with Crippen molar-refractivity contribution < 1.29 is 8.78 Å². The molecule has 0 aliphatic heterocycles. The number of halogens is 2. The van der Waals surface area contributed by atoms with Crippen LogP contribution in [0, 0.1) is 17.6 Å². The van der Waals surface area contributed by atoms with Crippen molar-refractivity contribution in [2.45, 2.75) is 19.8 Å². The second-order valence-electron chi connectivity index (χ2n) is 4.07. The Morgan fingerprint density at radius 3 is 2.40 bits per heavy atom. The summed E-state index contributed by atoms with van der Waals surface area (Å²) in [4.78, 5) is 0. The zero-order valence-electron chi connectivity index (χ0n) is 9.35. The highest BCUT2D eigenvalue weighted by Crippen LogP contribution is 2.26. The van der Waals surface area contributed by atoms with E-state index in [1.807, 2.05) is 20.9 Å². The van der Waals surface area contributed by atoms with Crippen molar-refractivity contribution in [1.82, 2.24) is 5.32 Å². The van der Waals surface area contributed by atoms with Crippen LogP contribution in [0.5, 0.6) is 0 Å². The van der Waals surface area contributed by atoms with Gasteiger partial charge in [0.05, 0.1) is 0 Å². The Kier molecular flexibility index (Phi) is 4.21. The van der Waals surface area contributed by atoms with Gasteiger partial charge in [0.15, 0.2) is 0 Å². The van der Waals surface area contributed by atoms with Crippen LogP contribution in [0.15, 0.2) is 18.2 Å². The minimum Gasteiger partial charge on any atom is -0.319 e. The molecule has 1 N–H and O–H groups in total. The molecule has 0 aromatic heterocycles. The van der Waals surface area contributed by atoms with Crippen LogP contribution in [0.4, 0.5) is 8.78 Å². The molecule has 0 aliphatic carbocycles. The van der Waals surface area contributed by atoms with Crippen LogP contribution < -0.4 is 5.32 Å². The van der Waals surface area contributed by atoms with Crippen molar-refractivity contribution in [2.75, 3.05) is 13.6 Å². The van der Waals surface area contributed by atoms with Gasteiger partial charge in [-0.15, -0.1) is 0 Å². The predicted octanol–water partition coefficient (Wildman–Crippen LogP) is 2.92. The van der Waals surface area contributed by atoms with E-state index in [0.29, 0.717) is 18.0 Å². The molecular formula is C12H17F2N. The normalized spacial score (nSPS) is 13.2. The minimum absolute atomic E-state index is 0.0793. The first kappa shape index (κ1) is 12.1. The molecule has 0 heterocycles. The van der Waals surface area contributed by atoms with Crippen LogP contribution >= 0.6 is 0 Å². The largest absolute Gasteiger partial charge is 0.319 e. The molecule has 0 bridgehead atoms. The van der Waals surface area contributed by atoms with E-state index in [2.05, 4.69) is 5.32 Å². The number of hydrogen-bond acceptors (Lipinski definition) is 1. The van der Waals surface area contributed by atoms with Gasteiger partial charge in [0, 0.05) is 18.5 Å². The molecule has 0 saturated heterocycles. The maximum atomic E-state index is 13.5. The lowest BCUT2D eigenvalue weighted by molar-refractivity contribution is 0.453. The molecular weight excluding hydrogens is 196 g/mol. The molecule has 0 radical (unpaired) electrons. The van der Waals surface area contributed by atoms with Crippen LogP contribution in [-0.4, -0.2) is 13.6 Å². The summed E-state index contributed by atoms with van der Waals surface area (Å²) in [5, 5.41) is 3.03. The molecule has 1 atom stereocenters. The van der Waals surface area contributed by atoms with E-state index in [1.165, 1.54) is 12.1 Å². The summed E-state index contributed by atoms with van der Waals surface area (Å²) >= 11 is 0. The van der Waals surface area contributed by atoms with Crippen molar-refractivity contribution in [3.05, 3.63) is 35.4 Å². The molecule has 1 aromatic rings. The fourth-order valence-electron chi connectivity index (χ4n) is 1.73. The summed E-state index contributed by atoms with van der Waals surface area (Å²) in [5.41, 5.74) is 0.584. The Bertz CT molecular complexity index is 323. The molecule has 0 spiro atoms. The SMILES string of the molecule is CNCC(c1ccc(F)cc1F)C(C)C. The molecule has 0 amide bonds. The van der Waals surface area contributed by atoms with Crippen LogP contribution in [-0.2, 0) is 0 Å². The molecule has 1 rings (SSSR count). The number of hydrogen-bond donors (Lipinski definition) is 1. The molecule has 0 aliphatic rings. The fourth-order valence-corrected chi connectivity index (χ4v) is 1.73. The Hall–Kier alpha value is -0.960. The van der Waals surface area contributed by atoms with Crippen molar-refractivity contribution in [3.8, 4) is 0 Å². The molecule has 15 heavy (non-hydrogen) atoms. The minimum atomic E-state index is -0.525. The first-order valence-electron chi connectivity index (χ1n) is 5.15. The lowest BCUT2D eigenvalue weighted by Gasteiger charge is -2.21. The molecule has 1 aromatic carbocycles. The molecule has 1 unspecified atom stereocenters. The Morgan fingerprint density at radius 2 is 1.93 bits per heavy atom. The fraction of sp³-hybridized carbons (Fsp3) is 0.500. The van der Waals surface area contributed by atoms with Crippen molar-refractivity contribution >= 4 is 0 Å². The van der Waals surface area contributed by atoms with Gasteiger partial charge in [0.25, 0.3) is 0 Å². The number of benzene rings is 1. The quantitative estimate of drug-likeness (QED) is 0.810. The highest BCUT2D eigenvalue weighted by Gasteiger charge is 2.18. The third kappa shape index (κ3) is 2.99. The standard InChI is InChI=1S/C12H17F2N/c1-8(2)11(7-15-3)10-5-4-9(13)6-12(10)14/h4-6,8,11,15H,7H2,1-3H3. The first-order valence-corrected chi connectivity index (χ1v) is 5.15. The van der Waals surface area contributed by atoms with E-state index in [-0.39, 0.29) is 5.92 Å². The second-order valence-corrected chi connectivity index (χ2v) is 4.07. The maximum absolute atomic E-state index is 13.5. The second kappa shape index (κ2) is 5.21. The van der Waals surface area contributed by atoms with E-state index >= 15 is 0 Å². The summed E-state index contributed by atoms with van der Waals surface area (Å²) in [6.07, 6.45) is 0. The predicted molar refractivity (Wildman–Crippen MR) is 57.9 cm³/mol. The van der Waals surface area contributed by atoms with Crippen LogP contribution in [0.1, 0.15) is 25.3 Å². The summed E-state index contributed by atoms with van der Waals surface area (Å²) in [7, 11) is 1.83. The Labute approximate surface area is 89.5 Å². The molecule has 3 heteroatoms. The first-order chi connectivity index (χ1) is 7.06. The van der Waals surface area contributed by atoms with Crippen molar-refractivity contribution in [1.29, 1.82) is 0 Å². The average Bonchev–Trinajstić information content (AvgIpc) is 2.15. The van der Waals surface area contributed by atoms with Gasteiger partial charge >= 0.3 is 0 Å². The zero-order chi connectivity index (χ0) is 11.4. The molecule has 0 fully saturated rings. The summed E-state index contributed by atoms with van der Waals surface area (Å²) in [5.74, 6) is -0.583. The molecule has 1 nitrogen and oxygen atoms in total. The summed E-state index contributed by atoms with van der Waals surface area (Å²) in [6, 6.07) is 3.79. The summed E-state index contributed by atoms with van der Waals surface area (Å²) < 4.78 is 26.3. The van der Waals surface area contributed by atoms with E-state index < -0.39 is 11.6 Å². The van der Waals surface area contributed by atoms with Crippen molar-refractivity contribution in [3.63, 3.8) is 0 Å². The number of nitrogens with one attached hydrogen (secondary N) is 1. The lowest BCUT2D eigenvalue weighted by atomic mass is 9.88. The Morgan fingerprint density at radius 1 is 1.27 bits per heavy atom. The zero-order valence-corrected chi connectivity index (χ0v) is 9.35. The lowest BCUT2D eigenvalue weighted by Crippen LogP contribution is -2.22. The van der Waals surface area contributed by atoms with Crippen LogP contribution in [0.2, 0.25) is 0 Å². The maximum Gasteiger partial charge on any atom is 0.129 e. The van der Waals surface area contributed by atoms with Gasteiger partial charge in [0.2, 0.25) is 0 Å². The van der Waals surface area contributed by atoms with Gasteiger partial charge < -0.3 is 5.32 Å². The van der Waals surface area contributed by atoms with Gasteiger partial charge in [0.1, 0.15) is 11.6 Å². The van der Waals surface area contributed by atoms with Crippen molar-refractivity contribution in [2.24, 2.45) is 5.92 Å². The average molecular weight is 213 g/mol. The van der Waals surface area contributed by atoms with Gasteiger partial charge in [-0.3, -0.25) is 0 Å².